The summed E-state index contributed by atoms with van der Waals surface area (Å²) in [4.78, 5) is 0. The first-order chi connectivity index (χ1) is 7.29. The van der Waals surface area contributed by atoms with Crippen molar-refractivity contribution in [3.05, 3.63) is 0 Å². The van der Waals surface area contributed by atoms with Crippen LogP contribution in [0.3, 0.4) is 0 Å². The summed E-state index contributed by atoms with van der Waals surface area (Å²) in [5.74, 6) is 2.76. The lowest BCUT2D eigenvalue weighted by molar-refractivity contribution is 0.259. The summed E-state index contributed by atoms with van der Waals surface area (Å²) in [5.41, 5.74) is 0.0824. The molecule has 0 aromatic heterocycles. The van der Waals surface area contributed by atoms with E-state index >= 15 is 0 Å². The molecule has 0 amide bonds. The number of hydrogen-bond donors (Lipinski definition) is 0. The van der Waals surface area contributed by atoms with Crippen LogP contribution in [0.2, 0.25) is 0 Å². The predicted octanol–water partition coefficient (Wildman–Crippen LogP) is 3.92. The van der Waals surface area contributed by atoms with Gasteiger partial charge in [0.1, 0.15) is 11.7 Å². The molecule has 0 aromatic carbocycles. The Bertz CT molecular complexity index is 204. The third-order valence-corrected chi connectivity index (χ3v) is 3.33. The molecule has 1 heteroatoms. The number of epoxide rings is 1. The fraction of sp³-hybridized carbons (Fsp3) is 0.857. The van der Waals surface area contributed by atoms with Gasteiger partial charge in [0, 0.05) is 0 Å². The predicted molar refractivity (Wildman–Crippen MR) is 64.7 cm³/mol. The van der Waals surface area contributed by atoms with E-state index < -0.39 is 0 Å². The molecule has 1 aliphatic rings. The summed E-state index contributed by atoms with van der Waals surface area (Å²) >= 11 is 0. The molecule has 1 aliphatic heterocycles. The van der Waals surface area contributed by atoms with Crippen molar-refractivity contribution >= 4 is 0 Å². The molecule has 0 N–H and O–H groups in total. The zero-order valence-electron chi connectivity index (χ0n) is 10.2. The van der Waals surface area contributed by atoms with Crippen molar-refractivity contribution in [1.82, 2.24) is 0 Å². The lowest BCUT2D eigenvalue weighted by Gasteiger charge is -2.11. The quantitative estimate of drug-likeness (QED) is 0.334. The maximum absolute atomic E-state index is 5.71. The van der Waals surface area contributed by atoms with Crippen molar-refractivity contribution in [2.24, 2.45) is 0 Å². The van der Waals surface area contributed by atoms with E-state index in [1.165, 1.54) is 51.4 Å². The van der Waals surface area contributed by atoms with E-state index in [1.807, 2.05) is 0 Å². The fourth-order valence-electron chi connectivity index (χ4n) is 2.24. The van der Waals surface area contributed by atoms with Crippen LogP contribution in [0.15, 0.2) is 0 Å². The molecule has 0 spiro atoms. The molecule has 1 atom stereocenters. The van der Waals surface area contributed by atoms with Gasteiger partial charge >= 0.3 is 0 Å². The fourth-order valence-corrected chi connectivity index (χ4v) is 2.24. The third kappa shape index (κ3) is 3.54. The molecule has 15 heavy (non-hydrogen) atoms. The van der Waals surface area contributed by atoms with E-state index in [0.717, 1.165) is 0 Å². The maximum Gasteiger partial charge on any atom is 0.147 e. The first kappa shape index (κ1) is 12.6. The topological polar surface area (TPSA) is 12.5 Å². The first-order valence-electron chi connectivity index (χ1n) is 6.43. The van der Waals surface area contributed by atoms with Crippen LogP contribution in [-0.2, 0) is 4.74 Å². The molecular formula is C14H24O. The second kappa shape index (κ2) is 6.18. The Balaban J connectivity index is 2.27. The van der Waals surface area contributed by atoms with Crippen molar-refractivity contribution in [1.29, 1.82) is 0 Å². The lowest BCUT2D eigenvalue weighted by Crippen LogP contribution is -2.14. The largest absolute Gasteiger partial charge is 0.352 e. The number of unbranched alkanes of at least 4 members (excludes halogenated alkanes) is 4. The van der Waals surface area contributed by atoms with Gasteiger partial charge in [0.25, 0.3) is 0 Å². The van der Waals surface area contributed by atoms with Crippen molar-refractivity contribution < 1.29 is 4.74 Å². The Hall–Kier alpha value is -0.480. The molecule has 0 aromatic rings. The first-order valence-corrected chi connectivity index (χ1v) is 6.43. The van der Waals surface area contributed by atoms with Crippen LogP contribution < -0.4 is 0 Å². The van der Waals surface area contributed by atoms with Gasteiger partial charge in [-0.15, -0.1) is 6.42 Å². The Morgan fingerprint density at radius 3 is 1.93 bits per heavy atom. The summed E-state index contributed by atoms with van der Waals surface area (Å²) in [6, 6.07) is 0. The van der Waals surface area contributed by atoms with Gasteiger partial charge in [0.05, 0.1) is 0 Å². The van der Waals surface area contributed by atoms with Crippen LogP contribution in [0.25, 0.3) is 0 Å². The van der Waals surface area contributed by atoms with Gasteiger partial charge in [0.15, 0.2) is 0 Å². The number of rotatable bonds is 8. The molecule has 0 bridgehead atoms. The van der Waals surface area contributed by atoms with Crippen molar-refractivity contribution in [3.63, 3.8) is 0 Å². The third-order valence-electron chi connectivity index (χ3n) is 3.33. The van der Waals surface area contributed by atoms with Crippen LogP contribution in [0.5, 0.6) is 0 Å². The molecule has 1 nitrogen and oxygen atoms in total. The zero-order valence-corrected chi connectivity index (χ0v) is 10.2. The monoisotopic (exact) mass is 208 g/mol. The number of ether oxygens (including phenoxy) is 1. The highest BCUT2D eigenvalue weighted by Gasteiger charge is 2.53. The summed E-state index contributed by atoms with van der Waals surface area (Å²) in [5, 5.41) is 0. The molecule has 1 unspecified atom stereocenters. The number of terminal acetylenes is 1. The Labute approximate surface area is 94.6 Å². The van der Waals surface area contributed by atoms with Gasteiger partial charge < -0.3 is 4.74 Å². The van der Waals surface area contributed by atoms with Crippen molar-refractivity contribution in [3.8, 4) is 12.3 Å². The minimum Gasteiger partial charge on any atom is -0.352 e. The van der Waals surface area contributed by atoms with Gasteiger partial charge in [-0.3, -0.25) is 0 Å². The molecule has 86 valence electrons. The van der Waals surface area contributed by atoms with E-state index in [9.17, 15) is 0 Å². The lowest BCUT2D eigenvalue weighted by atomic mass is 9.92. The highest BCUT2D eigenvalue weighted by Crippen LogP contribution is 2.45. The second-order valence-electron chi connectivity index (χ2n) is 4.64. The van der Waals surface area contributed by atoms with Gasteiger partial charge in [0.2, 0.25) is 0 Å². The molecule has 0 radical (unpaired) electrons. The molecule has 1 saturated heterocycles. The standard InChI is InChI=1S/C14H24O/c1-4-7-9-11-14(12-10-8-5-2)13(6-3)15-14/h3,13H,4-5,7-12H2,1-2H3. The zero-order chi connectivity index (χ0) is 11.1. The van der Waals surface area contributed by atoms with E-state index in [1.54, 1.807) is 0 Å². The maximum atomic E-state index is 5.71. The van der Waals surface area contributed by atoms with Crippen molar-refractivity contribution in [2.45, 2.75) is 76.9 Å². The van der Waals surface area contributed by atoms with Crippen molar-refractivity contribution in [2.75, 3.05) is 0 Å². The normalized spacial score (nSPS) is 22.3. The highest BCUT2D eigenvalue weighted by molar-refractivity contribution is 5.17. The van der Waals surface area contributed by atoms with Crippen LogP contribution in [0.4, 0.5) is 0 Å². The van der Waals surface area contributed by atoms with Gasteiger partial charge in [-0.1, -0.05) is 58.3 Å². The van der Waals surface area contributed by atoms with E-state index in [2.05, 4.69) is 19.8 Å². The summed E-state index contributed by atoms with van der Waals surface area (Å²) in [6.45, 7) is 4.46. The van der Waals surface area contributed by atoms with E-state index in [-0.39, 0.29) is 11.7 Å². The smallest absolute Gasteiger partial charge is 0.147 e. The van der Waals surface area contributed by atoms with Crippen LogP contribution in [0.1, 0.15) is 65.2 Å². The molecular weight excluding hydrogens is 184 g/mol. The average Bonchev–Trinajstić information content (AvgIpc) is 2.93. The van der Waals surface area contributed by atoms with Gasteiger partial charge in [-0.05, 0) is 12.8 Å². The van der Waals surface area contributed by atoms with Gasteiger partial charge in [-0.2, -0.15) is 0 Å². The van der Waals surface area contributed by atoms with E-state index in [4.69, 9.17) is 11.2 Å². The second-order valence-corrected chi connectivity index (χ2v) is 4.64. The van der Waals surface area contributed by atoms with Crippen LogP contribution in [-0.4, -0.2) is 11.7 Å². The molecule has 1 heterocycles. The molecule has 1 fully saturated rings. The van der Waals surface area contributed by atoms with Gasteiger partial charge in [-0.25, -0.2) is 0 Å². The molecule has 1 rings (SSSR count). The summed E-state index contributed by atoms with van der Waals surface area (Å²) in [6.07, 6.45) is 15.6. The summed E-state index contributed by atoms with van der Waals surface area (Å²) < 4.78 is 5.71. The minimum absolute atomic E-state index is 0.0824. The average molecular weight is 208 g/mol. The highest BCUT2D eigenvalue weighted by atomic mass is 16.6. The molecule has 0 saturated carbocycles. The van der Waals surface area contributed by atoms with Crippen LogP contribution in [0, 0.1) is 12.3 Å². The Morgan fingerprint density at radius 2 is 1.60 bits per heavy atom. The minimum atomic E-state index is 0.0824. The summed E-state index contributed by atoms with van der Waals surface area (Å²) in [7, 11) is 0. The Morgan fingerprint density at radius 1 is 1.07 bits per heavy atom. The number of hydrogen-bond acceptors (Lipinski definition) is 1. The Kier molecular flexibility index (Phi) is 5.19. The van der Waals surface area contributed by atoms with Crippen LogP contribution >= 0.6 is 0 Å². The molecule has 0 aliphatic carbocycles. The van der Waals surface area contributed by atoms with E-state index in [0.29, 0.717) is 0 Å². The SMILES string of the molecule is C#CC1OC1(CCCCC)CCCCC.